The van der Waals surface area contributed by atoms with Gasteiger partial charge < -0.3 is 19.4 Å². The molecule has 1 saturated heterocycles. The zero-order valence-corrected chi connectivity index (χ0v) is 20.2. The van der Waals surface area contributed by atoms with Crippen LogP contribution in [0.3, 0.4) is 0 Å². The Morgan fingerprint density at radius 3 is 2.57 bits per heavy atom. The van der Waals surface area contributed by atoms with E-state index < -0.39 is 5.63 Å². The molecular weight excluding hydrogens is 446 g/mol. The fraction of sp³-hybridized carbons (Fsp3) is 0.370. The summed E-state index contributed by atoms with van der Waals surface area (Å²) in [5.41, 5.74) is 2.61. The number of benzene rings is 2. The number of ether oxygens (including phenoxy) is 1. The molecule has 1 aliphatic rings. The fourth-order valence-corrected chi connectivity index (χ4v) is 4.46. The third kappa shape index (κ3) is 6.48. The largest absolute Gasteiger partial charge is 0.497 e. The zero-order chi connectivity index (χ0) is 24.8. The summed E-state index contributed by atoms with van der Waals surface area (Å²) >= 11 is 0. The van der Waals surface area contributed by atoms with Gasteiger partial charge in [0.15, 0.2) is 0 Å². The number of hydrogen-bond donors (Lipinski definition) is 1. The third-order valence-corrected chi connectivity index (χ3v) is 6.27. The Kier molecular flexibility index (Phi) is 7.82. The Balaban J connectivity index is 1.37. The molecule has 0 unspecified atom stereocenters. The van der Waals surface area contributed by atoms with E-state index in [0.29, 0.717) is 37.2 Å². The molecular formula is C27H31N3O5. The van der Waals surface area contributed by atoms with E-state index in [1.165, 1.54) is 13.0 Å². The van der Waals surface area contributed by atoms with Crippen molar-refractivity contribution in [3.05, 3.63) is 70.1 Å². The summed E-state index contributed by atoms with van der Waals surface area (Å²) in [6.45, 7) is 5.00. The minimum Gasteiger partial charge on any atom is -0.497 e. The summed E-state index contributed by atoms with van der Waals surface area (Å²) in [5, 5.41) is 3.56. The lowest BCUT2D eigenvalue weighted by molar-refractivity contribution is -0.131. The lowest BCUT2D eigenvalue weighted by atomic mass is 10.1. The molecule has 0 radical (unpaired) electrons. The Hall–Kier alpha value is -3.65. The normalized spacial score (nSPS) is 14.5. The van der Waals surface area contributed by atoms with E-state index in [1.54, 1.807) is 19.2 Å². The van der Waals surface area contributed by atoms with Gasteiger partial charge in [0.05, 0.1) is 7.11 Å². The molecule has 1 N–H and O–H groups in total. The summed E-state index contributed by atoms with van der Waals surface area (Å²) in [7, 11) is 1.64. The maximum atomic E-state index is 12.8. The predicted molar refractivity (Wildman–Crippen MR) is 135 cm³/mol. The standard InChI is InChI=1S/C27H31N3O5/c1-19(31)28-22-7-10-24-21(16-27(33)35-25(24)17-22)18-29-12-3-13-30(15-14-29)26(32)11-6-20-4-8-23(34-2)9-5-20/h4-5,7-10,16-17H,3,6,11-15,18H2,1-2H3,(H,28,31). The van der Waals surface area contributed by atoms with Gasteiger partial charge >= 0.3 is 5.63 Å². The molecule has 1 aromatic heterocycles. The van der Waals surface area contributed by atoms with Crippen LogP contribution in [-0.2, 0) is 22.6 Å². The van der Waals surface area contributed by atoms with Gasteiger partial charge in [-0.15, -0.1) is 0 Å². The number of nitrogens with zero attached hydrogens (tertiary/aromatic N) is 2. The van der Waals surface area contributed by atoms with Crippen LogP contribution in [0.2, 0.25) is 0 Å². The van der Waals surface area contributed by atoms with Crippen molar-refractivity contribution in [2.45, 2.75) is 32.7 Å². The van der Waals surface area contributed by atoms with E-state index in [2.05, 4.69) is 10.2 Å². The summed E-state index contributed by atoms with van der Waals surface area (Å²) in [6.07, 6.45) is 2.06. The smallest absolute Gasteiger partial charge is 0.336 e. The van der Waals surface area contributed by atoms with E-state index in [0.717, 1.165) is 48.3 Å². The number of anilines is 1. The van der Waals surface area contributed by atoms with Crippen LogP contribution in [0.5, 0.6) is 5.75 Å². The first-order chi connectivity index (χ1) is 16.9. The Morgan fingerprint density at radius 2 is 1.83 bits per heavy atom. The molecule has 3 aromatic rings. The molecule has 2 aromatic carbocycles. The molecule has 4 rings (SSSR count). The summed E-state index contributed by atoms with van der Waals surface area (Å²) in [6, 6.07) is 14.7. The van der Waals surface area contributed by atoms with E-state index in [-0.39, 0.29) is 11.8 Å². The van der Waals surface area contributed by atoms with Gasteiger partial charge in [-0.3, -0.25) is 14.5 Å². The van der Waals surface area contributed by atoms with Crippen molar-refractivity contribution >= 4 is 28.5 Å². The molecule has 35 heavy (non-hydrogen) atoms. The second-order valence-electron chi connectivity index (χ2n) is 8.84. The number of rotatable bonds is 7. The molecule has 2 amide bonds. The minimum atomic E-state index is -0.419. The van der Waals surface area contributed by atoms with Crippen molar-refractivity contribution in [1.29, 1.82) is 0 Å². The Bertz CT molecular complexity index is 1250. The zero-order valence-electron chi connectivity index (χ0n) is 20.2. The van der Waals surface area contributed by atoms with Gasteiger partial charge in [0.1, 0.15) is 11.3 Å². The van der Waals surface area contributed by atoms with Crippen LogP contribution in [0.25, 0.3) is 11.0 Å². The summed E-state index contributed by atoms with van der Waals surface area (Å²) in [5.74, 6) is 0.791. The number of carbonyl (C=O) groups is 2. The highest BCUT2D eigenvalue weighted by molar-refractivity contribution is 5.92. The van der Waals surface area contributed by atoms with Crippen LogP contribution in [0, 0.1) is 0 Å². The molecule has 0 aliphatic carbocycles. The second kappa shape index (κ2) is 11.2. The quantitative estimate of drug-likeness (QED) is 0.524. The van der Waals surface area contributed by atoms with Crippen molar-refractivity contribution in [2.24, 2.45) is 0 Å². The maximum absolute atomic E-state index is 12.8. The molecule has 0 atom stereocenters. The summed E-state index contributed by atoms with van der Waals surface area (Å²) < 4.78 is 10.6. The lowest BCUT2D eigenvalue weighted by Gasteiger charge is -2.22. The highest BCUT2D eigenvalue weighted by atomic mass is 16.5. The number of hydrogen-bond acceptors (Lipinski definition) is 6. The van der Waals surface area contributed by atoms with Crippen molar-refractivity contribution in [3.63, 3.8) is 0 Å². The molecule has 184 valence electrons. The topological polar surface area (TPSA) is 92.1 Å². The van der Waals surface area contributed by atoms with Crippen LogP contribution in [0.1, 0.15) is 30.9 Å². The van der Waals surface area contributed by atoms with E-state index in [1.807, 2.05) is 35.2 Å². The average molecular weight is 478 g/mol. The Morgan fingerprint density at radius 1 is 1.03 bits per heavy atom. The number of amides is 2. The van der Waals surface area contributed by atoms with Gasteiger partial charge in [0.25, 0.3) is 0 Å². The van der Waals surface area contributed by atoms with Gasteiger partial charge in [-0.25, -0.2) is 4.79 Å². The highest BCUT2D eigenvalue weighted by Gasteiger charge is 2.20. The van der Waals surface area contributed by atoms with Crippen LogP contribution in [0.4, 0.5) is 5.69 Å². The van der Waals surface area contributed by atoms with E-state index in [4.69, 9.17) is 9.15 Å². The number of carbonyl (C=O) groups excluding carboxylic acids is 2. The Labute approximate surface area is 204 Å². The first-order valence-electron chi connectivity index (χ1n) is 11.9. The second-order valence-corrected chi connectivity index (χ2v) is 8.84. The molecule has 1 fully saturated rings. The van der Waals surface area contributed by atoms with E-state index in [9.17, 15) is 14.4 Å². The average Bonchev–Trinajstić information content (AvgIpc) is 3.08. The fourth-order valence-electron chi connectivity index (χ4n) is 4.46. The number of methoxy groups -OCH3 is 1. The van der Waals surface area contributed by atoms with Crippen LogP contribution in [0.15, 0.2) is 57.7 Å². The highest BCUT2D eigenvalue weighted by Crippen LogP contribution is 2.23. The number of aryl methyl sites for hydroxylation is 1. The van der Waals surface area contributed by atoms with E-state index >= 15 is 0 Å². The maximum Gasteiger partial charge on any atom is 0.336 e. The first kappa shape index (κ1) is 24.5. The minimum absolute atomic E-state index is 0.166. The predicted octanol–water partition coefficient (Wildman–Crippen LogP) is 3.43. The van der Waals surface area contributed by atoms with Gasteiger partial charge in [-0.2, -0.15) is 0 Å². The molecule has 0 spiro atoms. The van der Waals surface area contributed by atoms with Crippen LogP contribution < -0.4 is 15.7 Å². The number of fused-ring (bicyclic) bond motifs is 1. The molecule has 0 saturated carbocycles. The molecule has 2 heterocycles. The SMILES string of the molecule is COc1ccc(CCC(=O)N2CCCN(Cc3cc(=O)oc4cc(NC(C)=O)ccc34)CC2)cc1. The van der Waals surface area contributed by atoms with Crippen molar-refractivity contribution in [1.82, 2.24) is 9.80 Å². The monoisotopic (exact) mass is 477 g/mol. The van der Waals surface area contributed by atoms with Crippen molar-refractivity contribution < 1.29 is 18.7 Å². The molecule has 0 bridgehead atoms. The molecule has 8 nitrogen and oxygen atoms in total. The van der Waals surface area contributed by atoms with Crippen molar-refractivity contribution in [3.8, 4) is 5.75 Å². The lowest BCUT2D eigenvalue weighted by Crippen LogP contribution is -2.35. The molecule has 8 heteroatoms. The number of nitrogens with one attached hydrogen (secondary N) is 1. The third-order valence-electron chi connectivity index (χ3n) is 6.27. The van der Waals surface area contributed by atoms with Gasteiger partial charge in [0, 0.05) is 69.3 Å². The van der Waals surface area contributed by atoms with Crippen LogP contribution in [-0.4, -0.2) is 54.9 Å². The van der Waals surface area contributed by atoms with Gasteiger partial charge in [-0.05, 0) is 48.2 Å². The van der Waals surface area contributed by atoms with Gasteiger partial charge in [0.2, 0.25) is 11.8 Å². The molecule has 1 aliphatic heterocycles. The summed E-state index contributed by atoms with van der Waals surface area (Å²) in [4.78, 5) is 40.6. The van der Waals surface area contributed by atoms with Gasteiger partial charge in [-0.1, -0.05) is 12.1 Å². The first-order valence-corrected chi connectivity index (χ1v) is 11.9. The van der Waals surface area contributed by atoms with Crippen LogP contribution >= 0.6 is 0 Å². The van der Waals surface area contributed by atoms with Crippen molar-refractivity contribution in [2.75, 3.05) is 38.6 Å².